The molecule has 4 saturated carbocycles. The van der Waals surface area contributed by atoms with E-state index in [2.05, 4.69) is 159 Å². The molecule has 0 radical (unpaired) electrons. The van der Waals surface area contributed by atoms with E-state index in [9.17, 15) is 38.4 Å². The Morgan fingerprint density at radius 3 is 0.611 bits per heavy atom. The Morgan fingerprint density at radius 2 is 0.437 bits per heavy atom. The van der Waals surface area contributed by atoms with Gasteiger partial charge >= 0.3 is 0 Å². The third-order valence-corrected chi connectivity index (χ3v) is 32.0. The van der Waals surface area contributed by atoms with Crippen LogP contribution in [0.2, 0.25) is 0 Å². The van der Waals surface area contributed by atoms with Crippen LogP contribution in [0.25, 0.3) is 43.6 Å². The van der Waals surface area contributed by atoms with Gasteiger partial charge in [-0.15, -0.1) is 0 Å². The lowest BCUT2D eigenvalue weighted by Crippen LogP contribution is -2.65. The van der Waals surface area contributed by atoms with Crippen molar-refractivity contribution in [1.29, 1.82) is 0 Å². The molecule has 7 aromatic rings. The number of rotatable bonds is 36. The lowest BCUT2D eigenvalue weighted by Gasteiger charge is -2.57. The standard InChI is InChI=1S/C104H136N10O12/c1-13-36-93(55-97(40-17-5)63-98(56-93,41-18-6)86(120)109-85(97)119)81(115)105-69-28-32-77-73(49-69)74-50-70(106-82(116)94(37-14-2)57-99(42-19-7)64-100(58-94,43-20-8)88(122)110-87(99)121)29-33-78(74)113(77)53-67-26-25-27-68(48-67)54-114-79-34-30-71(107-83(117)95(38-15-3)59-101(44-21-9)65-102(60-95,45-22-10)90(124)111-89(101)123)51-75(79)76-52-72(31-35-80(76)114)108-84(118)96(39-16-4)61-103(46-23-11)66-104(62-96,47-24-12)92(126)112-91(103)125/h25-35,48-52H,13-24,36-47,53-66H2,1-12H3,(H,105,115)(H,106,116)(H,107,117)(H,108,118)(H,109,119,120)(H,110,121,122)(H,111,123,124)(H,112,125,126)/t93?,94?,95?,96?,97-,98+,99-,100+,101-,102+,103-,104+. The number of carbonyl (C=O) groups excluding carboxylic acids is 12. The predicted octanol–water partition coefficient (Wildman–Crippen LogP) is 20.6. The van der Waals surface area contributed by atoms with Crippen molar-refractivity contribution < 1.29 is 57.5 Å². The van der Waals surface area contributed by atoms with E-state index in [4.69, 9.17) is 0 Å². The zero-order valence-electron chi connectivity index (χ0n) is 76.9. The van der Waals surface area contributed by atoms with Gasteiger partial charge in [0.2, 0.25) is 70.9 Å². The molecule has 12 amide bonds. The molecule has 22 heteroatoms. The summed E-state index contributed by atoms with van der Waals surface area (Å²) in [5.41, 5.74) is -3.83. The Kier molecular flexibility index (Phi) is 25.0. The van der Waals surface area contributed by atoms with Crippen LogP contribution >= 0.6 is 0 Å². The molecule has 674 valence electrons. The minimum Gasteiger partial charge on any atom is -0.336 e. The second-order valence-corrected chi connectivity index (χ2v) is 41.4. The van der Waals surface area contributed by atoms with Gasteiger partial charge in [-0.3, -0.25) is 78.8 Å². The number of nitrogens with zero attached hydrogens (tertiary/aromatic N) is 2. The first-order valence-electron chi connectivity index (χ1n) is 48.2. The molecule has 0 spiro atoms. The average molecular weight is 1720 g/mol. The Hall–Kier alpha value is -9.86. The number of anilines is 4. The van der Waals surface area contributed by atoms with Gasteiger partial charge in [0, 0.05) is 79.5 Å². The Labute approximate surface area is 742 Å². The number of hydrogen-bond acceptors (Lipinski definition) is 12. The Morgan fingerprint density at radius 1 is 0.254 bits per heavy atom. The molecule has 4 aliphatic heterocycles. The van der Waals surface area contributed by atoms with Crippen molar-refractivity contribution in [2.24, 2.45) is 65.0 Å². The van der Waals surface area contributed by atoms with Gasteiger partial charge in [0.05, 0.1) is 65.0 Å². The van der Waals surface area contributed by atoms with Crippen molar-refractivity contribution >= 4 is 137 Å². The number of benzene rings is 5. The molecule has 15 rings (SSSR count). The number of nitrogens with one attached hydrogen (secondary N) is 8. The van der Waals surface area contributed by atoms with Crippen LogP contribution in [0.15, 0.2) is 97.1 Å². The summed E-state index contributed by atoms with van der Waals surface area (Å²) in [6.07, 6.45) is 18.9. The maximum Gasteiger partial charge on any atom is 0.232 e. The van der Waals surface area contributed by atoms with Gasteiger partial charge in [0.1, 0.15) is 0 Å². The van der Waals surface area contributed by atoms with Crippen molar-refractivity contribution in [2.45, 2.75) is 327 Å². The molecular weight excluding hydrogens is 1580 g/mol. The fourth-order valence-electron chi connectivity index (χ4n) is 28.3. The second-order valence-electron chi connectivity index (χ2n) is 41.4. The number of imide groups is 4. The highest BCUT2D eigenvalue weighted by Crippen LogP contribution is 2.67. The molecule has 8 bridgehead atoms. The van der Waals surface area contributed by atoms with Crippen molar-refractivity contribution in [2.75, 3.05) is 21.3 Å². The number of amides is 12. The predicted molar refractivity (Wildman–Crippen MR) is 494 cm³/mol. The van der Waals surface area contributed by atoms with Crippen LogP contribution in [0.3, 0.4) is 0 Å². The van der Waals surface area contributed by atoms with E-state index >= 15 is 19.2 Å². The summed E-state index contributed by atoms with van der Waals surface area (Å²) >= 11 is 0. The monoisotopic (exact) mass is 1720 g/mol. The van der Waals surface area contributed by atoms with Crippen molar-refractivity contribution in [1.82, 2.24) is 30.4 Å². The summed E-state index contributed by atoms with van der Waals surface area (Å²) in [6.45, 7) is 25.4. The highest BCUT2D eigenvalue weighted by Gasteiger charge is 2.69. The molecule has 126 heavy (non-hydrogen) atoms. The van der Waals surface area contributed by atoms with Crippen LogP contribution in [-0.2, 0) is 70.6 Å². The minimum absolute atomic E-state index is 0.222. The SMILES string of the molecule is CCCC1(C(=O)Nc2ccc3c(c2)c2cc(NC(=O)C4(CCC)C[C@@]5(CCC)C[C@@](CCC)(C4)C(=O)NC5=O)ccc2n3Cc2cccc(Cn3c4ccc(NC(=O)C5(CCC)C[C@@]6(CCC)C[C@@](CCC)(C5)C(=O)NC6=O)cc4c4cc(NC(=O)C5(CCC)C[C@@]6(CCC)C[C@@](CCC)(C5)C(=O)NC6=O)ccc43)c2)C[C@@]2(CCC)C[C@@](CCC)(C1)C(=O)NC2=O. The van der Waals surface area contributed by atoms with E-state index < -0.39 is 65.0 Å². The van der Waals surface area contributed by atoms with Crippen LogP contribution in [-0.4, -0.2) is 80.0 Å². The number of carbonyl (C=O) groups is 12. The summed E-state index contributed by atoms with van der Waals surface area (Å²) in [5, 5.41) is 28.0. The topological polar surface area (TPSA) is 311 Å². The normalized spacial score (nSPS) is 30.4. The fourth-order valence-corrected chi connectivity index (χ4v) is 28.3. The molecule has 8 fully saturated rings. The molecule has 4 saturated heterocycles. The molecule has 5 aromatic carbocycles. The van der Waals surface area contributed by atoms with Gasteiger partial charge in [-0.2, -0.15) is 0 Å². The Bertz CT molecular complexity index is 4790. The third kappa shape index (κ3) is 15.4. The average Bonchev–Trinajstić information content (AvgIpc) is 0.835. The lowest BCUT2D eigenvalue weighted by atomic mass is 9.47. The quantitative estimate of drug-likeness (QED) is 0.0170. The summed E-state index contributed by atoms with van der Waals surface area (Å²) in [5.74, 6) is -3.20. The van der Waals surface area contributed by atoms with Gasteiger partial charge < -0.3 is 30.4 Å². The molecule has 6 heterocycles. The molecule has 4 aliphatic carbocycles. The molecular formula is C104H136N10O12. The molecule has 2 aromatic heterocycles. The van der Waals surface area contributed by atoms with Crippen LogP contribution in [0.4, 0.5) is 22.7 Å². The third-order valence-electron chi connectivity index (χ3n) is 32.0. The van der Waals surface area contributed by atoms with Gasteiger partial charge in [0.25, 0.3) is 0 Å². The van der Waals surface area contributed by atoms with Crippen LogP contribution < -0.4 is 42.5 Å². The highest BCUT2D eigenvalue weighted by atomic mass is 16.2. The zero-order chi connectivity index (χ0) is 90.0. The second kappa shape index (κ2) is 34.6. The fraction of sp³-hybridized carbons (Fsp3) is 0.596. The van der Waals surface area contributed by atoms with Crippen molar-refractivity contribution in [3.8, 4) is 0 Å². The zero-order valence-corrected chi connectivity index (χ0v) is 76.9. The van der Waals surface area contributed by atoms with Gasteiger partial charge in [0.15, 0.2) is 0 Å². The van der Waals surface area contributed by atoms with Crippen LogP contribution in [0.1, 0.15) is 325 Å². The number of fused-ring (bicyclic) bond motifs is 14. The van der Waals surface area contributed by atoms with E-state index in [1.807, 2.05) is 72.8 Å². The number of hydrogen-bond donors (Lipinski definition) is 8. The number of aromatic nitrogens is 2. The maximum absolute atomic E-state index is 15.8. The van der Waals surface area contributed by atoms with Crippen molar-refractivity contribution in [3.63, 3.8) is 0 Å². The molecule has 22 nitrogen and oxygen atoms in total. The van der Waals surface area contributed by atoms with Gasteiger partial charge in [-0.1, -0.05) is 184 Å². The molecule has 8 aliphatic rings. The molecule has 12 atom stereocenters. The van der Waals surface area contributed by atoms with Crippen LogP contribution in [0, 0.1) is 65.0 Å². The van der Waals surface area contributed by atoms with E-state index in [-0.39, 0.29) is 70.9 Å². The summed E-state index contributed by atoms with van der Waals surface area (Å²) < 4.78 is 4.51. The Balaban J connectivity index is 0.819. The summed E-state index contributed by atoms with van der Waals surface area (Å²) in [4.78, 5) is 177. The first-order chi connectivity index (χ1) is 60.3. The summed E-state index contributed by atoms with van der Waals surface area (Å²) in [6, 6.07) is 32.3. The van der Waals surface area contributed by atoms with Crippen LogP contribution in [0.5, 0.6) is 0 Å². The van der Waals surface area contributed by atoms with E-state index in [1.165, 1.54) is 0 Å². The highest BCUT2D eigenvalue weighted by molar-refractivity contribution is 6.16. The van der Waals surface area contributed by atoms with E-state index in [0.29, 0.717) is 267 Å². The maximum atomic E-state index is 15.8. The lowest BCUT2D eigenvalue weighted by molar-refractivity contribution is -0.171. The van der Waals surface area contributed by atoms with Crippen molar-refractivity contribution in [3.05, 3.63) is 108 Å². The molecule has 4 unspecified atom stereocenters. The minimum atomic E-state index is -1.04. The number of piperidine rings is 4. The van der Waals surface area contributed by atoms with E-state index in [0.717, 1.165) is 54.7 Å². The van der Waals surface area contributed by atoms with Gasteiger partial charge in [-0.25, -0.2) is 0 Å². The first kappa shape index (κ1) is 90.9. The van der Waals surface area contributed by atoms with E-state index in [1.54, 1.807) is 0 Å². The molecule has 8 N–H and O–H groups in total. The van der Waals surface area contributed by atoms with Gasteiger partial charge in [-0.05, 0) is 238 Å². The summed E-state index contributed by atoms with van der Waals surface area (Å²) in [7, 11) is 0. The first-order valence-corrected chi connectivity index (χ1v) is 48.2. The smallest absolute Gasteiger partial charge is 0.232 e. The largest absolute Gasteiger partial charge is 0.336 e.